The van der Waals surface area contributed by atoms with Crippen LogP contribution >= 0.6 is 27.7 Å². The van der Waals surface area contributed by atoms with Gasteiger partial charge in [0.1, 0.15) is 16.0 Å². The van der Waals surface area contributed by atoms with E-state index >= 15 is 0 Å². The molecule has 2 N–H and O–H groups in total. The molecular weight excluding hydrogens is 256 g/mol. The number of halogens is 1. The van der Waals surface area contributed by atoms with Crippen LogP contribution < -0.4 is 0 Å². The first-order valence-corrected chi connectivity index (χ1v) is 5.39. The van der Waals surface area contributed by atoms with Gasteiger partial charge >= 0.3 is 0 Å². The van der Waals surface area contributed by atoms with Crippen molar-refractivity contribution in [3.05, 3.63) is 17.0 Å². The summed E-state index contributed by atoms with van der Waals surface area (Å²) in [5.41, 5.74) is 0. The van der Waals surface area contributed by atoms with Gasteiger partial charge in [0.15, 0.2) is 0 Å². The van der Waals surface area contributed by atoms with Crippen LogP contribution in [-0.4, -0.2) is 38.6 Å². The Labute approximate surface area is 88.5 Å². The van der Waals surface area contributed by atoms with Gasteiger partial charge in [-0.05, 0) is 15.9 Å². The van der Waals surface area contributed by atoms with Gasteiger partial charge in [-0.15, -0.1) is 11.8 Å². The molecule has 0 spiro atoms. The first kappa shape index (κ1) is 10.9. The van der Waals surface area contributed by atoms with Crippen LogP contribution in [-0.2, 0) is 0 Å². The molecule has 13 heavy (non-hydrogen) atoms. The lowest BCUT2D eigenvalue weighted by molar-refractivity contribution is 0.113. The monoisotopic (exact) mass is 264 g/mol. The Hall–Kier alpha value is -0.170. The van der Waals surface area contributed by atoms with Crippen molar-refractivity contribution in [3.63, 3.8) is 0 Å². The smallest absolute Gasteiger partial charge is 0.118 e. The summed E-state index contributed by atoms with van der Waals surface area (Å²) in [4.78, 5) is 7.84. The summed E-state index contributed by atoms with van der Waals surface area (Å²) in [5.74, 6) is 0.431. The molecular formula is C7H9BrN2O2S. The molecule has 4 nitrogen and oxygen atoms in total. The van der Waals surface area contributed by atoms with Crippen LogP contribution in [0.15, 0.2) is 22.0 Å². The van der Waals surface area contributed by atoms with Crippen molar-refractivity contribution in [2.75, 3.05) is 12.4 Å². The molecule has 0 amide bonds. The van der Waals surface area contributed by atoms with Gasteiger partial charge in [-0.25, -0.2) is 9.97 Å². The number of aliphatic hydroxyl groups excluding tert-OH is 2. The van der Waals surface area contributed by atoms with Crippen molar-refractivity contribution in [2.45, 2.75) is 11.1 Å². The van der Waals surface area contributed by atoms with Gasteiger partial charge in [-0.3, -0.25) is 0 Å². The molecule has 0 saturated heterocycles. The Morgan fingerprint density at radius 3 is 2.92 bits per heavy atom. The SMILES string of the molecule is OCC(O)CSc1cc(Br)ncn1. The second kappa shape index (κ2) is 5.54. The van der Waals surface area contributed by atoms with E-state index in [4.69, 9.17) is 10.2 Å². The minimum atomic E-state index is -0.696. The van der Waals surface area contributed by atoms with Gasteiger partial charge in [0.05, 0.1) is 12.7 Å². The van der Waals surface area contributed by atoms with Crippen molar-refractivity contribution < 1.29 is 10.2 Å². The largest absolute Gasteiger partial charge is 0.394 e. The molecule has 1 rings (SSSR count). The molecule has 1 aromatic heterocycles. The highest BCUT2D eigenvalue weighted by atomic mass is 79.9. The summed E-state index contributed by atoms with van der Waals surface area (Å²) in [7, 11) is 0. The molecule has 1 heterocycles. The van der Waals surface area contributed by atoms with Crippen molar-refractivity contribution >= 4 is 27.7 Å². The van der Waals surface area contributed by atoms with Crippen LogP contribution in [0.4, 0.5) is 0 Å². The molecule has 72 valence electrons. The third-order valence-electron chi connectivity index (χ3n) is 1.24. The fourth-order valence-corrected chi connectivity index (χ4v) is 1.88. The molecule has 6 heteroatoms. The van der Waals surface area contributed by atoms with Crippen LogP contribution in [0.2, 0.25) is 0 Å². The fraction of sp³-hybridized carbons (Fsp3) is 0.429. The molecule has 1 aromatic rings. The number of aromatic nitrogens is 2. The molecule has 0 bridgehead atoms. The third-order valence-corrected chi connectivity index (χ3v) is 2.75. The first-order valence-electron chi connectivity index (χ1n) is 3.61. The predicted octanol–water partition coefficient (Wildman–Crippen LogP) is 0.684. The number of nitrogens with zero attached hydrogens (tertiary/aromatic N) is 2. The highest BCUT2D eigenvalue weighted by Gasteiger charge is 2.04. The standard InChI is InChI=1S/C7H9BrN2O2S/c8-6-1-7(10-4-9-6)13-3-5(12)2-11/h1,4-5,11-12H,2-3H2. The number of thioether (sulfide) groups is 1. The Bertz CT molecular complexity index is 274. The Morgan fingerprint density at radius 1 is 1.54 bits per heavy atom. The predicted molar refractivity (Wildman–Crippen MR) is 53.5 cm³/mol. The molecule has 0 aliphatic heterocycles. The summed E-state index contributed by atoms with van der Waals surface area (Å²) in [6.07, 6.45) is 0.747. The van der Waals surface area contributed by atoms with Gasteiger partial charge in [0, 0.05) is 11.8 Å². The average molecular weight is 265 g/mol. The lowest BCUT2D eigenvalue weighted by atomic mass is 10.4. The summed E-state index contributed by atoms with van der Waals surface area (Å²) in [6.45, 7) is -0.223. The second-order valence-corrected chi connectivity index (χ2v) is 4.18. The molecule has 1 unspecified atom stereocenters. The van der Waals surface area contributed by atoms with Gasteiger partial charge in [0.2, 0.25) is 0 Å². The van der Waals surface area contributed by atoms with Gasteiger partial charge in [0.25, 0.3) is 0 Å². The van der Waals surface area contributed by atoms with Crippen LogP contribution in [0.25, 0.3) is 0 Å². The van der Waals surface area contributed by atoms with Crippen molar-refractivity contribution in [2.24, 2.45) is 0 Å². The van der Waals surface area contributed by atoms with E-state index in [2.05, 4.69) is 25.9 Å². The lowest BCUT2D eigenvalue weighted by Gasteiger charge is -2.05. The normalized spacial score (nSPS) is 12.8. The maximum Gasteiger partial charge on any atom is 0.118 e. The third kappa shape index (κ3) is 4.04. The summed E-state index contributed by atoms with van der Waals surface area (Å²) < 4.78 is 0.712. The van der Waals surface area contributed by atoms with Gasteiger partial charge in [-0.1, -0.05) is 0 Å². The zero-order valence-corrected chi connectivity index (χ0v) is 9.12. The number of hydrogen-bond acceptors (Lipinski definition) is 5. The number of hydrogen-bond donors (Lipinski definition) is 2. The topological polar surface area (TPSA) is 66.2 Å². The first-order chi connectivity index (χ1) is 6.22. The van der Waals surface area contributed by atoms with Crippen LogP contribution in [0.1, 0.15) is 0 Å². The van der Waals surface area contributed by atoms with Crippen LogP contribution in [0, 0.1) is 0 Å². The molecule has 0 aliphatic rings. The Morgan fingerprint density at radius 2 is 2.31 bits per heavy atom. The Balaban J connectivity index is 2.45. The van der Waals surface area contributed by atoms with Gasteiger partial charge < -0.3 is 10.2 Å². The number of aliphatic hydroxyl groups is 2. The van der Waals surface area contributed by atoms with E-state index in [1.54, 1.807) is 6.07 Å². The van der Waals surface area contributed by atoms with Gasteiger partial charge in [-0.2, -0.15) is 0 Å². The highest BCUT2D eigenvalue weighted by Crippen LogP contribution is 2.18. The summed E-state index contributed by atoms with van der Waals surface area (Å²) in [5, 5.41) is 18.4. The van der Waals surface area contributed by atoms with Crippen molar-refractivity contribution in [3.8, 4) is 0 Å². The molecule has 0 fully saturated rings. The van der Waals surface area contributed by atoms with Crippen LogP contribution in [0.5, 0.6) is 0 Å². The van der Waals surface area contributed by atoms with E-state index in [-0.39, 0.29) is 6.61 Å². The van der Waals surface area contributed by atoms with E-state index in [0.29, 0.717) is 10.4 Å². The summed E-state index contributed by atoms with van der Waals surface area (Å²) >= 11 is 4.59. The second-order valence-electron chi connectivity index (χ2n) is 2.33. The number of rotatable bonds is 4. The molecule has 1 atom stereocenters. The maximum atomic E-state index is 9.06. The minimum absolute atomic E-state index is 0.223. The highest BCUT2D eigenvalue weighted by molar-refractivity contribution is 9.10. The molecule has 0 radical (unpaired) electrons. The zero-order chi connectivity index (χ0) is 9.68. The average Bonchev–Trinajstić information content (AvgIpc) is 2.14. The van der Waals surface area contributed by atoms with E-state index < -0.39 is 6.10 Å². The van der Waals surface area contributed by atoms with Crippen molar-refractivity contribution in [1.29, 1.82) is 0 Å². The quantitative estimate of drug-likeness (QED) is 0.619. The Kier molecular flexibility index (Phi) is 4.65. The molecule has 0 aromatic carbocycles. The summed E-state index contributed by atoms with van der Waals surface area (Å²) in [6, 6.07) is 1.76. The van der Waals surface area contributed by atoms with Crippen molar-refractivity contribution in [1.82, 2.24) is 9.97 Å². The molecule has 0 saturated carbocycles. The van der Waals surface area contributed by atoms with Crippen LogP contribution in [0.3, 0.4) is 0 Å². The van der Waals surface area contributed by atoms with E-state index in [1.807, 2.05) is 0 Å². The fourth-order valence-electron chi connectivity index (χ4n) is 0.631. The van der Waals surface area contributed by atoms with E-state index in [0.717, 1.165) is 5.03 Å². The van der Waals surface area contributed by atoms with E-state index in [9.17, 15) is 0 Å². The molecule has 0 aliphatic carbocycles. The maximum absolute atomic E-state index is 9.06. The van der Waals surface area contributed by atoms with E-state index in [1.165, 1.54) is 18.1 Å². The lowest BCUT2D eigenvalue weighted by Crippen LogP contribution is -2.14. The minimum Gasteiger partial charge on any atom is -0.394 e. The zero-order valence-electron chi connectivity index (χ0n) is 6.72.